The maximum atomic E-state index is 12.3. The van der Waals surface area contributed by atoms with Crippen LogP contribution in [0.4, 0.5) is 0 Å². The Morgan fingerprint density at radius 1 is 1.20 bits per heavy atom. The molecule has 162 valence electrons. The highest BCUT2D eigenvalue weighted by molar-refractivity contribution is 6.42. The van der Waals surface area contributed by atoms with E-state index in [-0.39, 0.29) is 12.0 Å². The molecular weight excluding hydrogens is 427 g/mol. The van der Waals surface area contributed by atoms with Gasteiger partial charge in [0, 0.05) is 26.2 Å². The van der Waals surface area contributed by atoms with E-state index >= 15 is 0 Å². The Morgan fingerprint density at radius 3 is 2.70 bits per heavy atom. The van der Waals surface area contributed by atoms with E-state index in [0.717, 1.165) is 31.6 Å². The molecule has 1 fully saturated rings. The molecule has 1 atom stereocenters. The molecule has 1 saturated heterocycles. The van der Waals surface area contributed by atoms with Gasteiger partial charge in [0.25, 0.3) is 0 Å². The highest BCUT2D eigenvalue weighted by atomic mass is 35.5. The van der Waals surface area contributed by atoms with Crippen LogP contribution >= 0.6 is 23.2 Å². The van der Waals surface area contributed by atoms with Crippen molar-refractivity contribution in [3.8, 4) is 11.8 Å². The van der Waals surface area contributed by atoms with Gasteiger partial charge in [0.05, 0.1) is 29.0 Å². The average molecular weight is 453 g/mol. The van der Waals surface area contributed by atoms with Gasteiger partial charge in [-0.3, -0.25) is 14.7 Å². The summed E-state index contributed by atoms with van der Waals surface area (Å²) in [6.07, 6.45) is 3.90. The van der Waals surface area contributed by atoms with E-state index < -0.39 is 0 Å². The van der Waals surface area contributed by atoms with Crippen LogP contribution in [0.15, 0.2) is 30.6 Å². The molecular formula is C21H26Cl2N4O3. The molecule has 2 heterocycles. The molecule has 2 aromatic rings. The molecule has 30 heavy (non-hydrogen) atoms. The zero-order valence-corrected chi connectivity index (χ0v) is 18.7. The van der Waals surface area contributed by atoms with Gasteiger partial charge in [-0.2, -0.15) is 4.98 Å². The zero-order chi connectivity index (χ0) is 21.5. The Labute approximate surface area is 186 Å². The Kier molecular flexibility index (Phi) is 8.13. The monoisotopic (exact) mass is 452 g/mol. The van der Waals surface area contributed by atoms with Crippen molar-refractivity contribution >= 4 is 29.1 Å². The summed E-state index contributed by atoms with van der Waals surface area (Å²) in [6, 6.07) is 5.32. The fraction of sp³-hybridized carbons (Fsp3) is 0.476. The van der Waals surface area contributed by atoms with Crippen molar-refractivity contribution in [2.45, 2.75) is 33.0 Å². The van der Waals surface area contributed by atoms with Crippen LogP contribution in [-0.2, 0) is 11.4 Å². The number of likely N-dealkylation sites (tertiary alicyclic amines) is 1. The first kappa shape index (κ1) is 22.6. The van der Waals surface area contributed by atoms with Crippen LogP contribution in [0.1, 0.15) is 25.8 Å². The molecule has 0 saturated carbocycles. The van der Waals surface area contributed by atoms with Gasteiger partial charge in [-0.05, 0) is 38.0 Å². The SMILES string of the molecule is CCN(CC)C(=O)CN1CCC(Oc2cncc(OCc3ccc(Cl)c(Cl)c3)n2)C1. The number of hydrogen-bond donors (Lipinski definition) is 0. The maximum Gasteiger partial charge on any atom is 0.236 e. The highest BCUT2D eigenvalue weighted by Gasteiger charge is 2.27. The van der Waals surface area contributed by atoms with E-state index in [1.165, 1.54) is 6.20 Å². The van der Waals surface area contributed by atoms with E-state index in [9.17, 15) is 4.79 Å². The summed E-state index contributed by atoms with van der Waals surface area (Å²) < 4.78 is 11.7. The summed E-state index contributed by atoms with van der Waals surface area (Å²) in [5, 5.41) is 0.978. The van der Waals surface area contributed by atoms with Gasteiger partial charge < -0.3 is 14.4 Å². The number of hydrogen-bond acceptors (Lipinski definition) is 6. The molecule has 0 bridgehead atoms. The van der Waals surface area contributed by atoms with Gasteiger partial charge in [-0.1, -0.05) is 29.3 Å². The van der Waals surface area contributed by atoms with Crippen molar-refractivity contribution in [1.29, 1.82) is 0 Å². The van der Waals surface area contributed by atoms with Crippen LogP contribution in [0.2, 0.25) is 10.0 Å². The normalized spacial score (nSPS) is 16.5. The number of aromatic nitrogens is 2. The second-order valence-electron chi connectivity index (χ2n) is 7.06. The molecule has 1 unspecified atom stereocenters. The first-order chi connectivity index (χ1) is 14.5. The lowest BCUT2D eigenvalue weighted by atomic mass is 10.2. The predicted octanol–water partition coefficient (Wildman–Crippen LogP) is 3.68. The number of carbonyl (C=O) groups excluding carboxylic acids is 1. The molecule has 7 nitrogen and oxygen atoms in total. The number of likely N-dealkylation sites (N-methyl/N-ethyl adjacent to an activating group) is 1. The second kappa shape index (κ2) is 10.8. The first-order valence-corrected chi connectivity index (χ1v) is 10.8. The van der Waals surface area contributed by atoms with Crippen LogP contribution in [0.3, 0.4) is 0 Å². The smallest absolute Gasteiger partial charge is 0.236 e. The van der Waals surface area contributed by atoms with E-state index in [2.05, 4.69) is 14.9 Å². The van der Waals surface area contributed by atoms with Crippen LogP contribution in [0, 0.1) is 0 Å². The topological polar surface area (TPSA) is 67.8 Å². The molecule has 9 heteroatoms. The van der Waals surface area contributed by atoms with E-state index in [1.807, 2.05) is 24.8 Å². The van der Waals surface area contributed by atoms with Gasteiger partial charge in [-0.25, -0.2) is 0 Å². The zero-order valence-electron chi connectivity index (χ0n) is 17.2. The van der Waals surface area contributed by atoms with Gasteiger partial charge in [0.2, 0.25) is 17.7 Å². The summed E-state index contributed by atoms with van der Waals surface area (Å²) in [6.45, 7) is 7.65. The molecule has 1 aromatic heterocycles. The molecule has 0 radical (unpaired) electrons. The summed E-state index contributed by atoms with van der Waals surface area (Å²) in [7, 11) is 0. The van der Waals surface area contributed by atoms with Gasteiger partial charge in [0.1, 0.15) is 12.7 Å². The molecule has 1 aliphatic heterocycles. The van der Waals surface area contributed by atoms with Gasteiger partial charge >= 0.3 is 0 Å². The second-order valence-corrected chi connectivity index (χ2v) is 7.88. The van der Waals surface area contributed by atoms with Gasteiger partial charge in [0.15, 0.2) is 0 Å². The fourth-order valence-corrected chi connectivity index (χ4v) is 3.64. The largest absolute Gasteiger partial charge is 0.472 e. The average Bonchev–Trinajstić information content (AvgIpc) is 3.16. The highest BCUT2D eigenvalue weighted by Crippen LogP contribution is 2.23. The number of carbonyl (C=O) groups is 1. The number of ether oxygens (including phenoxy) is 2. The van der Waals surface area contributed by atoms with Crippen molar-refractivity contribution in [2.24, 2.45) is 0 Å². The van der Waals surface area contributed by atoms with Crippen LogP contribution < -0.4 is 9.47 Å². The molecule has 1 aliphatic rings. The molecule has 0 spiro atoms. The standard InChI is InChI=1S/C21H26Cl2N4O3/c1-3-27(4-2)21(28)13-26-8-7-16(12-26)30-20-11-24-10-19(25-20)29-14-15-5-6-17(22)18(23)9-15/h5-6,9-11,16H,3-4,7-8,12-14H2,1-2H3. The minimum atomic E-state index is -0.0332. The molecule has 0 N–H and O–H groups in total. The Balaban J connectivity index is 1.50. The third-order valence-corrected chi connectivity index (χ3v) is 5.69. The third kappa shape index (κ3) is 6.20. The van der Waals surface area contributed by atoms with Crippen molar-refractivity contribution in [3.63, 3.8) is 0 Å². The van der Waals surface area contributed by atoms with Crippen molar-refractivity contribution in [1.82, 2.24) is 19.8 Å². The van der Waals surface area contributed by atoms with Crippen molar-refractivity contribution < 1.29 is 14.3 Å². The minimum absolute atomic E-state index is 0.0332. The van der Waals surface area contributed by atoms with Gasteiger partial charge in [-0.15, -0.1) is 0 Å². The summed E-state index contributed by atoms with van der Waals surface area (Å²) in [4.78, 5) is 24.8. The van der Waals surface area contributed by atoms with Crippen LogP contribution in [0.5, 0.6) is 11.8 Å². The number of nitrogens with zero attached hydrogens (tertiary/aromatic N) is 4. The molecule has 1 aromatic carbocycles. The summed E-state index contributed by atoms with van der Waals surface area (Å²) in [5.41, 5.74) is 0.877. The lowest BCUT2D eigenvalue weighted by Crippen LogP contribution is -2.39. The Bertz CT molecular complexity index is 864. The molecule has 1 amide bonds. The third-order valence-electron chi connectivity index (χ3n) is 4.95. The van der Waals surface area contributed by atoms with E-state index in [4.69, 9.17) is 32.7 Å². The van der Waals surface area contributed by atoms with Crippen LogP contribution in [-0.4, -0.2) is 64.5 Å². The van der Waals surface area contributed by atoms with E-state index in [0.29, 0.717) is 41.5 Å². The van der Waals surface area contributed by atoms with Crippen molar-refractivity contribution in [2.75, 3.05) is 32.7 Å². The summed E-state index contributed by atoms with van der Waals surface area (Å²) >= 11 is 12.0. The quantitative estimate of drug-likeness (QED) is 0.577. The van der Waals surface area contributed by atoms with Crippen LogP contribution in [0.25, 0.3) is 0 Å². The predicted molar refractivity (Wildman–Crippen MR) is 116 cm³/mol. The van der Waals surface area contributed by atoms with Crippen molar-refractivity contribution in [3.05, 3.63) is 46.2 Å². The number of halogens is 2. The lowest BCUT2D eigenvalue weighted by molar-refractivity contribution is -0.131. The molecule has 0 aliphatic carbocycles. The summed E-state index contributed by atoms with van der Waals surface area (Å²) in [5.74, 6) is 0.923. The first-order valence-electron chi connectivity index (χ1n) is 10.0. The fourth-order valence-electron chi connectivity index (χ4n) is 3.32. The lowest BCUT2D eigenvalue weighted by Gasteiger charge is -2.22. The Hall–Kier alpha value is -2.09. The number of rotatable bonds is 9. The minimum Gasteiger partial charge on any atom is -0.472 e. The number of benzene rings is 1. The molecule has 3 rings (SSSR count). The number of amides is 1. The van der Waals surface area contributed by atoms with E-state index in [1.54, 1.807) is 18.3 Å². The Morgan fingerprint density at radius 2 is 1.97 bits per heavy atom. The maximum absolute atomic E-state index is 12.3.